The number of halogens is 1. The first kappa shape index (κ1) is 21.9. The van der Waals surface area contributed by atoms with Crippen LogP contribution in [-0.2, 0) is 14.3 Å². The number of ether oxygens (including phenoxy) is 1. The Balaban J connectivity index is 1.75. The van der Waals surface area contributed by atoms with E-state index in [1.165, 1.54) is 11.8 Å². The number of para-hydroxylation sites is 1. The van der Waals surface area contributed by atoms with Crippen molar-refractivity contribution in [2.24, 2.45) is 4.99 Å². The number of aliphatic imine (C=N–C) groups is 1. The number of anilines is 1. The van der Waals surface area contributed by atoms with E-state index in [1.807, 2.05) is 30.3 Å². The number of hydrogen-bond acceptors (Lipinski definition) is 6. The molecule has 2 N–H and O–H groups in total. The number of rotatable bonds is 6. The van der Waals surface area contributed by atoms with Crippen LogP contribution in [0.4, 0.5) is 5.69 Å². The number of amides is 1. The average Bonchev–Trinajstić information content (AvgIpc) is 2.74. The van der Waals surface area contributed by atoms with Gasteiger partial charge < -0.3 is 15.4 Å². The van der Waals surface area contributed by atoms with E-state index < -0.39 is 12.0 Å². The lowest BCUT2D eigenvalue weighted by Gasteiger charge is -2.25. The Morgan fingerprint density at radius 2 is 1.87 bits per heavy atom. The summed E-state index contributed by atoms with van der Waals surface area (Å²) >= 11 is 7.34. The molecule has 1 aliphatic heterocycles. The molecule has 6 nitrogen and oxygen atoms in total. The largest absolute Gasteiger partial charge is 0.463 e. The fraction of sp³-hybridized carbons (Fsp3) is 0.227. The van der Waals surface area contributed by atoms with Gasteiger partial charge in [0.25, 0.3) is 0 Å². The van der Waals surface area contributed by atoms with Gasteiger partial charge in [-0.05, 0) is 31.5 Å². The van der Waals surface area contributed by atoms with Gasteiger partial charge in [-0.3, -0.25) is 4.79 Å². The summed E-state index contributed by atoms with van der Waals surface area (Å²) in [6.07, 6.45) is 0. The molecule has 0 fully saturated rings. The molecule has 2 aromatic carbocycles. The summed E-state index contributed by atoms with van der Waals surface area (Å²) in [7, 11) is 0. The maximum atomic E-state index is 12.5. The minimum absolute atomic E-state index is 0.139. The van der Waals surface area contributed by atoms with Crippen LogP contribution in [0.15, 0.2) is 70.9 Å². The third kappa shape index (κ3) is 5.43. The minimum atomic E-state index is -0.499. The fourth-order valence-corrected chi connectivity index (χ4v) is 3.88. The Morgan fingerprint density at radius 3 is 2.57 bits per heavy atom. The Labute approximate surface area is 184 Å². The van der Waals surface area contributed by atoms with Gasteiger partial charge in [0, 0.05) is 5.70 Å². The lowest BCUT2D eigenvalue weighted by atomic mass is 9.97. The molecule has 0 bridgehead atoms. The molecule has 3 rings (SSSR count). The molecule has 8 heteroatoms. The molecule has 0 unspecified atom stereocenters. The van der Waals surface area contributed by atoms with Gasteiger partial charge in [-0.15, -0.1) is 0 Å². The molecule has 0 aliphatic carbocycles. The van der Waals surface area contributed by atoms with Crippen molar-refractivity contribution in [2.45, 2.75) is 19.9 Å². The van der Waals surface area contributed by atoms with Crippen LogP contribution < -0.4 is 10.6 Å². The van der Waals surface area contributed by atoms with E-state index in [9.17, 15) is 9.59 Å². The molecule has 0 saturated heterocycles. The summed E-state index contributed by atoms with van der Waals surface area (Å²) in [4.78, 5) is 29.6. The van der Waals surface area contributed by atoms with E-state index in [4.69, 9.17) is 16.3 Å². The van der Waals surface area contributed by atoms with Crippen molar-refractivity contribution in [2.75, 3.05) is 17.7 Å². The molecule has 0 saturated carbocycles. The smallest absolute Gasteiger partial charge is 0.338 e. The van der Waals surface area contributed by atoms with Crippen LogP contribution in [0.3, 0.4) is 0 Å². The lowest BCUT2D eigenvalue weighted by molar-refractivity contribution is -0.139. The van der Waals surface area contributed by atoms with Gasteiger partial charge >= 0.3 is 5.97 Å². The zero-order chi connectivity index (χ0) is 21.5. The molecule has 1 amide bonds. The Hall–Kier alpha value is -2.77. The summed E-state index contributed by atoms with van der Waals surface area (Å²) in [5, 5.41) is 6.95. The number of benzene rings is 2. The summed E-state index contributed by atoms with van der Waals surface area (Å²) < 4.78 is 5.23. The molecular formula is C22H22ClN3O3S. The van der Waals surface area contributed by atoms with Gasteiger partial charge in [0.15, 0.2) is 5.17 Å². The van der Waals surface area contributed by atoms with Gasteiger partial charge in [-0.2, -0.15) is 0 Å². The standard InChI is InChI=1S/C22H22ClN3O3S/c1-3-29-21(28)19-14(2)24-22(26-20(19)15-9-5-4-6-10-15)30-13-18(27)25-17-12-8-7-11-16(17)23/h4-12,20H,3,13H2,1-2H3,(H,24,26)(H,25,27)/t20-/m0/s1. The molecule has 1 aliphatic rings. The molecule has 1 heterocycles. The quantitative estimate of drug-likeness (QED) is 0.640. The zero-order valence-electron chi connectivity index (χ0n) is 16.6. The van der Waals surface area contributed by atoms with Crippen molar-refractivity contribution >= 4 is 46.1 Å². The van der Waals surface area contributed by atoms with Crippen LogP contribution in [0.5, 0.6) is 0 Å². The zero-order valence-corrected chi connectivity index (χ0v) is 18.2. The first-order chi connectivity index (χ1) is 14.5. The Morgan fingerprint density at radius 1 is 1.17 bits per heavy atom. The van der Waals surface area contributed by atoms with Crippen LogP contribution in [0, 0.1) is 0 Å². The molecule has 0 spiro atoms. The molecular weight excluding hydrogens is 422 g/mol. The maximum Gasteiger partial charge on any atom is 0.338 e. The van der Waals surface area contributed by atoms with Crippen LogP contribution >= 0.6 is 23.4 Å². The van der Waals surface area contributed by atoms with E-state index in [1.54, 1.807) is 38.1 Å². The van der Waals surface area contributed by atoms with Crippen molar-refractivity contribution in [3.05, 3.63) is 76.5 Å². The summed E-state index contributed by atoms with van der Waals surface area (Å²) in [5.41, 5.74) is 2.56. The highest BCUT2D eigenvalue weighted by Crippen LogP contribution is 2.32. The first-order valence-corrected chi connectivity index (χ1v) is 10.8. The second-order valence-electron chi connectivity index (χ2n) is 6.45. The van der Waals surface area contributed by atoms with E-state index in [2.05, 4.69) is 15.6 Å². The maximum absolute atomic E-state index is 12.5. The van der Waals surface area contributed by atoms with Crippen LogP contribution in [-0.4, -0.2) is 29.4 Å². The Bertz CT molecular complexity index is 992. The number of carbonyl (C=O) groups is 2. The van der Waals surface area contributed by atoms with Crippen molar-refractivity contribution in [3.63, 3.8) is 0 Å². The lowest BCUT2D eigenvalue weighted by Crippen LogP contribution is -2.31. The van der Waals surface area contributed by atoms with Crippen LogP contribution in [0.25, 0.3) is 0 Å². The number of carbonyl (C=O) groups excluding carboxylic acids is 2. The van der Waals surface area contributed by atoms with Gasteiger partial charge in [-0.1, -0.05) is 65.8 Å². The third-order valence-electron chi connectivity index (χ3n) is 4.32. The van der Waals surface area contributed by atoms with Crippen molar-refractivity contribution in [1.82, 2.24) is 5.32 Å². The molecule has 30 heavy (non-hydrogen) atoms. The van der Waals surface area contributed by atoms with E-state index >= 15 is 0 Å². The van der Waals surface area contributed by atoms with E-state index in [0.29, 0.717) is 27.1 Å². The second-order valence-corrected chi connectivity index (χ2v) is 7.82. The molecule has 0 radical (unpaired) electrons. The number of thioether (sulfide) groups is 1. The monoisotopic (exact) mass is 443 g/mol. The number of esters is 1. The van der Waals surface area contributed by atoms with Gasteiger partial charge in [0.05, 0.1) is 28.6 Å². The summed E-state index contributed by atoms with van der Waals surface area (Å²) in [6, 6.07) is 16.1. The minimum Gasteiger partial charge on any atom is -0.463 e. The molecule has 0 aromatic heterocycles. The van der Waals surface area contributed by atoms with Crippen molar-refractivity contribution in [1.29, 1.82) is 0 Å². The first-order valence-electron chi connectivity index (χ1n) is 9.44. The average molecular weight is 444 g/mol. The topological polar surface area (TPSA) is 79.8 Å². The number of allylic oxidation sites excluding steroid dienone is 1. The van der Waals surface area contributed by atoms with Crippen LogP contribution in [0.1, 0.15) is 25.5 Å². The van der Waals surface area contributed by atoms with Gasteiger partial charge in [0.2, 0.25) is 5.91 Å². The Kier molecular flexibility index (Phi) is 7.54. The highest BCUT2D eigenvalue weighted by Gasteiger charge is 2.30. The molecule has 1 atom stereocenters. The number of amidine groups is 1. The third-order valence-corrected chi connectivity index (χ3v) is 5.53. The van der Waals surface area contributed by atoms with Crippen molar-refractivity contribution < 1.29 is 14.3 Å². The normalized spacial score (nSPS) is 15.8. The highest BCUT2D eigenvalue weighted by atomic mass is 35.5. The predicted molar refractivity (Wildman–Crippen MR) is 122 cm³/mol. The summed E-state index contributed by atoms with van der Waals surface area (Å²) in [6.45, 7) is 3.86. The fourth-order valence-electron chi connectivity index (χ4n) is 2.95. The SMILES string of the molecule is CCOC(=O)C1=C(C)NC(SCC(=O)Nc2ccccc2Cl)=N[C@H]1c1ccccc1. The second kappa shape index (κ2) is 10.3. The highest BCUT2D eigenvalue weighted by molar-refractivity contribution is 8.14. The predicted octanol–water partition coefficient (Wildman–Crippen LogP) is 4.55. The molecule has 2 aromatic rings. The number of nitrogens with zero attached hydrogens (tertiary/aromatic N) is 1. The van der Waals surface area contributed by atoms with Crippen molar-refractivity contribution in [3.8, 4) is 0 Å². The van der Waals surface area contributed by atoms with E-state index in [-0.39, 0.29) is 18.3 Å². The molecule has 156 valence electrons. The number of nitrogens with one attached hydrogen (secondary N) is 2. The van der Waals surface area contributed by atoms with Gasteiger partial charge in [0.1, 0.15) is 6.04 Å². The summed E-state index contributed by atoms with van der Waals surface area (Å²) in [5.74, 6) is -0.465. The van der Waals surface area contributed by atoms with Gasteiger partial charge in [-0.25, -0.2) is 9.79 Å². The van der Waals surface area contributed by atoms with E-state index in [0.717, 1.165) is 5.56 Å². The van der Waals surface area contributed by atoms with Crippen LogP contribution in [0.2, 0.25) is 5.02 Å². The number of hydrogen-bond donors (Lipinski definition) is 2.